The van der Waals surface area contributed by atoms with Gasteiger partial charge in [0.05, 0.1) is 17.1 Å². The molecular weight excluding hydrogens is 314 g/mol. The van der Waals surface area contributed by atoms with Gasteiger partial charge in [0.25, 0.3) is 5.91 Å². The monoisotopic (exact) mass is 333 g/mol. The molecule has 0 spiro atoms. The van der Waals surface area contributed by atoms with Gasteiger partial charge >= 0.3 is 0 Å². The Morgan fingerprint density at radius 3 is 2.52 bits per heavy atom. The molecule has 1 saturated carbocycles. The van der Waals surface area contributed by atoms with Gasteiger partial charge in [-0.2, -0.15) is 0 Å². The minimum absolute atomic E-state index is 0.154. The maximum atomic E-state index is 12.5. The van der Waals surface area contributed by atoms with E-state index in [1.54, 1.807) is 30.6 Å². The van der Waals surface area contributed by atoms with Crippen molar-refractivity contribution in [2.24, 2.45) is 5.41 Å². The third-order valence-electron chi connectivity index (χ3n) is 4.92. The van der Waals surface area contributed by atoms with Crippen molar-refractivity contribution in [1.82, 2.24) is 15.3 Å². The SMILES string of the molecule is O=C(NCC1([C@@H](O)c2ccccc2)CC1)c1ccc2nccnc2c1. The Bertz CT molecular complexity index is 907. The summed E-state index contributed by atoms with van der Waals surface area (Å²) in [5.74, 6) is -0.154. The number of nitrogens with one attached hydrogen (secondary N) is 1. The number of aliphatic hydroxyl groups excluding tert-OH is 1. The first-order valence-electron chi connectivity index (χ1n) is 8.40. The van der Waals surface area contributed by atoms with Crippen LogP contribution in [0.2, 0.25) is 0 Å². The highest BCUT2D eigenvalue weighted by Crippen LogP contribution is 2.54. The largest absolute Gasteiger partial charge is 0.388 e. The zero-order valence-electron chi connectivity index (χ0n) is 13.7. The van der Waals surface area contributed by atoms with Crippen molar-refractivity contribution in [3.05, 3.63) is 72.1 Å². The molecule has 1 heterocycles. The molecule has 0 radical (unpaired) electrons. The lowest BCUT2D eigenvalue weighted by Crippen LogP contribution is -2.33. The van der Waals surface area contributed by atoms with Crippen molar-refractivity contribution in [3.63, 3.8) is 0 Å². The third-order valence-corrected chi connectivity index (χ3v) is 4.92. The molecule has 1 aromatic heterocycles. The third kappa shape index (κ3) is 3.10. The second kappa shape index (κ2) is 6.26. The molecular formula is C20H19N3O2. The molecule has 1 amide bonds. The standard InChI is InChI=1S/C20H19N3O2/c24-18(14-4-2-1-3-5-14)20(8-9-20)13-23-19(25)15-6-7-16-17(12-15)22-11-10-21-16/h1-7,10-12,18,24H,8-9,13H2,(H,23,25)/t18-/m0/s1. The van der Waals surface area contributed by atoms with Gasteiger partial charge in [0.15, 0.2) is 0 Å². The molecule has 1 aliphatic carbocycles. The average Bonchev–Trinajstić information content (AvgIpc) is 3.47. The number of benzene rings is 2. The zero-order chi connectivity index (χ0) is 17.3. The normalized spacial score (nSPS) is 16.4. The molecule has 2 N–H and O–H groups in total. The second-order valence-corrected chi connectivity index (χ2v) is 6.62. The predicted molar refractivity (Wildman–Crippen MR) is 94.9 cm³/mol. The first kappa shape index (κ1) is 15.7. The lowest BCUT2D eigenvalue weighted by molar-refractivity contribution is 0.0808. The number of hydrogen-bond acceptors (Lipinski definition) is 4. The predicted octanol–water partition coefficient (Wildman–Crippen LogP) is 2.87. The number of aromatic nitrogens is 2. The number of fused-ring (bicyclic) bond motifs is 1. The fraction of sp³-hybridized carbons (Fsp3) is 0.250. The van der Waals surface area contributed by atoms with Crippen LogP contribution in [0, 0.1) is 5.41 Å². The van der Waals surface area contributed by atoms with Crippen molar-refractivity contribution >= 4 is 16.9 Å². The van der Waals surface area contributed by atoms with E-state index in [9.17, 15) is 9.90 Å². The summed E-state index contributed by atoms with van der Waals surface area (Å²) in [6.45, 7) is 0.459. The molecule has 1 fully saturated rings. The molecule has 1 aliphatic rings. The number of carbonyl (C=O) groups is 1. The number of aliphatic hydroxyl groups is 1. The van der Waals surface area contributed by atoms with Gasteiger partial charge in [-0.1, -0.05) is 30.3 Å². The van der Waals surface area contributed by atoms with E-state index in [1.165, 1.54) is 0 Å². The second-order valence-electron chi connectivity index (χ2n) is 6.62. The zero-order valence-corrected chi connectivity index (χ0v) is 13.7. The van der Waals surface area contributed by atoms with Gasteiger partial charge in [0, 0.05) is 29.9 Å². The lowest BCUT2D eigenvalue weighted by Gasteiger charge is -2.23. The number of rotatable bonds is 5. The Kier molecular flexibility index (Phi) is 3.93. The van der Waals surface area contributed by atoms with E-state index in [-0.39, 0.29) is 11.3 Å². The summed E-state index contributed by atoms with van der Waals surface area (Å²) in [7, 11) is 0. The van der Waals surface area contributed by atoms with Crippen molar-refractivity contribution in [1.29, 1.82) is 0 Å². The highest BCUT2D eigenvalue weighted by Gasteiger charge is 2.49. The van der Waals surface area contributed by atoms with Gasteiger partial charge in [-0.15, -0.1) is 0 Å². The van der Waals surface area contributed by atoms with Gasteiger partial charge in [0.2, 0.25) is 0 Å². The summed E-state index contributed by atoms with van der Waals surface area (Å²) in [6.07, 6.45) is 4.50. The Balaban J connectivity index is 1.46. The quantitative estimate of drug-likeness (QED) is 0.753. The maximum Gasteiger partial charge on any atom is 0.251 e. The molecule has 1 atom stereocenters. The van der Waals surface area contributed by atoms with E-state index in [0.29, 0.717) is 17.6 Å². The molecule has 2 aromatic carbocycles. The molecule has 0 unspecified atom stereocenters. The molecule has 4 rings (SSSR count). The van der Waals surface area contributed by atoms with E-state index in [0.717, 1.165) is 23.9 Å². The first-order valence-corrected chi connectivity index (χ1v) is 8.40. The Hall–Kier alpha value is -2.79. The van der Waals surface area contributed by atoms with Crippen LogP contribution in [0.15, 0.2) is 60.9 Å². The van der Waals surface area contributed by atoms with E-state index in [1.807, 2.05) is 30.3 Å². The van der Waals surface area contributed by atoms with Crippen molar-refractivity contribution in [3.8, 4) is 0 Å². The lowest BCUT2D eigenvalue weighted by atomic mass is 9.92. The van der Waals surface area contributed by atoms with E-state index in [2.05, 4.69) is 15.3 Å². The highest BCUT2D eigenvalue weighted by molar-refractivity contribution is 5.97. The summed E-state index contributed by atoms with van der Waals surface area (Å²) in [4.78, 5) is 20.9. The Labute approximate surface area is 145 Å². The van der Waals surface area contributed by atoms with E-state index in [4.69, 9.17) is 0 Å². The minimum Gasteiger partial charge on any atom is -0.388 e. The van der Waals surface area contributed by atoms with Crippen molar-refractivity contribution in [2.45, 2.75) is 18.9 Å². The maximum absolute atomic E-state index is 12.5. The van der Waals surface area contributed by atoms with Crippen molar-refractivity contribution in [2.75, 3.05) is 6.54 Å². The fourth-order valence-electron chi connectivity index (χ4n) is 3.16. The Morgan fingerprint density at radius 2 is 1.80 bits per heavy atom. The van der Waals surface area contributed by atoms with Crippen LogP contribution < -0.4 is 5.32 Å². The van der Waals surface area contributed by atoms with Gasteiger partial charge in [-0.3, -0.25) is 14.8 Å². The van der Waals surface area contributed by atoms with Gasteiger partial charge in [-0.25, -0.2) is 0 Å². The topological polar surface area (TPSA) is 75.1 Å². The molecule has 0 aliphatic heterocycles. The molecule has 5 heteroatoms. The van der Waals surface area contributed by atoms with Crippen LogP contribution in [0.25, 0.3) is 11.0 Å². The Morgan fingerprint density at radius 1 is 1.08 bits per heavy atom. The minimum atomic E-state index is -0.559. The summed E-state index contributed by atoms with van der Waals surface area (Å²) in [6, 6.07) is 14.9. The van der Waals surface area contributed by atoms with Gasteiger partial charge < -0.3 is 10.4 Å². The van der Waals surface area contributed by atoms with Crippen LogP contribution in [0.3, 0.4) is 0 Å². The number of amides is 1. The summed E-state index contributed by atoms with van der Waals surface area (Å²) in [5.41, 5.74) is 2.65. The van der Waals surface area contributed by atoms with Crippen LogP contribution >= 0.6 is 0 Å². The van der Waals surface area contributed by atoms with Gasteiger partial charge in [0.1, 0.15) is 0 Å². The summed E-state index contributed by atoms with van der Waals surface area (Å²) < 4.78 is 0. The van der Waals surface area contributed by atoms with Crippen LogP contribution in [-0.2, 0) is 0 Å². The average molecular weight is 333 g/mol. The molecule has 5 nitrogen and oxygen atoms in total. The smallest absolute Gasteiger partial charge is 0.251 e. The van der Waals surface area contributed by atoms with Crippen LogP contribution in [0.5, 0.6) is 0 Å². The van der Waals surface area contributed by atoms with Crippen LogP contribution in [0.4, 0.5) is 0 Å². The molecule has 3 aromatic rings. The molecule has 0 saturated heterocycles. The first-order chi connectivity index (χ1) is 12.2. The number of nitrogens with zero attached hydrogens (tertiary/aromatic N) is 2. The fourth-order valence-corrected chi connectivity index (χ4v) is 3.16. The van der Waals surface area contributed by atoms with Crippen molar-refractivity contribution < 1.29 is 9.90 Å². The molecule has 126 valence electrons. The van der Waals surface area contributed by atoms with Gasteiger partial charge in [-0.05, 0) is 36.6 Å². The van der Waals surface area contributed by atoms with E-state index >= 15 is 0 Å². The highest BCUT2D eigenvalue weighted by atomic mass is 16.3. The molecule has 25 heavy (non-hydrogen) atoms. The number of hydrogen-bond donors (Lipinski definition) is 2. The molecule has 0 bridgehead atoms. The summed E-state index contributed by atoms with van der Waals surface area (Å²) in [5, 5.41) is 13.6. The van der Waals surface area contributed by atoms with Crippen LogP contribution in [0.1, 0.15) is 34.9 Å². The van der Waals surface area contributed by atoms with E-state index < -0.39 is 6.10 Å². The number of carbonyl (C=O) groups excluding carboxylic acids is 1. The summed E-state index contributed by atoms with van der Waals surface area (Å²) >= 11 is 0. The van der Waals surface area contributed by atoms with Crippen LogP contribution in [-0.4, -0.2) is 27.5 Å².